The van der Waals surface area contributed by atoms with Crippen LogP contribution >= 0.6 is 15.9 Å². The molecule has 0 saturated carbocycles. The molecule has 0 bridgehead atoms. The summed E-state index contributed by atoms with van der Waals surface area (Å²) in [7, 11) is 6.21. The van der Waals surface area contributed by atoms with Gasteiger partial charge in [-0.25, -0.2) is 14.6 Å². The average molecular weight is 353 g/mol. The quantitative estimate of drug-likeness (QED) is 0.844. The van der Waals surface area contributed by atoms with Gasteiger partial charge in [-0.1, -0.05) is 0 Å². The molecule has 0 aliphatic carbocycles. The van der Waals surface area contributed by atoms with Crippen LogP contribution in [0.4, 0.5) is 5.82 Å². The van der Waals surface area contributed by atoms with Crippen molar-refractivity contribution in [2.75, 3.05) is 38.6 Å². The van der Waals surface area contributed by atoms with Crippen molar-refractivity contribution in [3.05, 3.63) is 10.9 Å². The van der Waals surface area contributed by atoms with Crippen LogP contribution in [0.3, 0.4) is 0 Å². The second kappa shape index (κ2) is 5.88. The maximum absolute atomic E-state index is 4.48. The topological polar surface area (TPSA) is 50.1 Å². The maximum atomic E-state index is 4.48. The van der Waals surface area contributed by atoms with E-state index in [-0.39, 0.29) is 0 Å². The van der Waals surface area contributed by atoms with Gasteiger partial charge in [0.15, 0.2) is 5.65 Å². The zero-order valence-electron chi connectivity index (χ0n) is 12.8. The molecule has 21 heavy (non-hydrogen) atoms. The fraction of sp³-hybridized carbons (Fsp3) is 0.643. The van der Waals surface area contributed by atoms with Crippen LogP contribution in [-0.4, -0.2) is 58.4 Å². The zero-order valence-corrected chi connectivity index (χ0v) is 14.3. The van der Waals surface area contributed by atoms with Crippen LogP contribution < -0.4 is 4.90 Å². The Labute approximate surface area is 133 Å². The lowest BCUT2D eigenvalue weighted by molar-refractivity contribution is 0.213. The summed E-state index contributed by atoms with van der Waals surface area (Å²) >= 11 is 3.52. The second-order valence-corrected chi connectivity index (χ2v) is 6.71. The Morgan fingerprint density at radius 2 is 2.19 bits per heavy atom. The van der Waals surface area contributed by atoms with Crippen molar-refractivity contribution in [1.29, 1.82) is 0 Å². The van der Waals surface area contributed by atoms with Crippen LogP contribution in [0.1, 0.15) is 12.8 Å². The Hall–Kier alpha value is -1.21. The highest BCUT2D eigenvalue weighted by molar-refractivity contribution is 9.10. The number of hydrogen-bond donors (Lipinski definition) is 0. The van der Waals surface area contributed by atoms with Gasteiger partial charge in [0.25, 0.3) is 0 Å². The molecule has 0 spiro atoms. The minimum absolute atomic E-state index is 0.689. The van der Waals surface area contributed by atoms with Crippen molar-refractivity contribution in [2.24, 2.45) is 13.0 Å². The van der Waals surface area contributed by atoms with Crippen molar-refractivity contribution in [1.82, 2.24) is 24.6 Å². The number of halogens is 1. The molecule has 1 saturated heterocycles. The van der Waals surface area contributed by atoms with Crippen molar-refractivity contribution in [3.63, 3.8) is 0 Å². The van der Waals surface area contributed by atoms with E-state index in [0.29, 0.717) is 5.92 Å². The number of piperidine rings is 1. The molecule has 1 aliphatic rings. The molecule has 114 valence electrons. The fourth-order valence-electron chi connectivity index (χ4n) is 3.21. The van der Waals surface area contributed by atoms with Crippen LogP contribution in [0.5, 0.6) is 0 Å². The first kappa shape index (κ1) is 14.7. The Kier molecular flexibility index (Phi) is 4.12. The molecule has 0 radical (unpaired) electrons. The van der Waals surface area contributed by atoms with E-state index >= 15 is 0 Å². The Balaban J connectivity index is 1.86. The lowest BCUT2D eigenvalue weighted by Gasteiger charge is -2.32. The van der Waals surface area contributed by atoms with Gasteiger partial charge in [-0.15, -0.1) is 0 Å². The van der Waals surface area contributed by atoms with Crippen LogP contribution in [0.25, 0.3) is 11.0 Å². The van der Waals surface area contributed by atoms with Crippen LogP contribution in [0, 0.1) is 5.92 Å². The summed E-state index contributed by atoms with van der Waals surface area (Å²) in [6.45, 7) is 3.39. The van der Waals surface area contributed by atoms with Gasteiger partial charge >= 0.3 is 0 Å². The van der Waals surface area contributed by atoms with Crippen molar-refractivity contribution in [2.45, 2.75) is 12.8 Å². The number of likely N-dealkylation sites (tertiary alicyclic amines) is 1. The van der Waals surface area contributed by atoms with E-state index in [2.05, 4.69) is 54.9 Å². The number of hydrogen-bond acceptors (Lipinski definition) is 5. The predicted molar refractivity (Wildman–Crippen MR) is 87.5 cm³/mol. The molecule has 1 atom stereocenters. The van der Waals surface area contributed by atoms with E-state index in [1.807, 2.05) is 7.05 Å². The van der Waals surface area contributed by atoms with Gasteiger partial charge < -0.3 is 9.80 Å². The van der Waals surface area contributed by atoms with Gasteiger partial charge in [-0.2, -0.15) is 5.10 Å². The molecule has 0 aromatic carbocycles. The van der Waals surface area contributed by atoms with E-state index in [9.17, 15) is 0 Å². The molecular formula is C14H21BrN6. The van der Waals surface area contributed by atoms with Crippen molar-refractivity contribution < 1.29 is 0 Å². The number of aromatic nitrogens is 4. The van der Waals surface area contributed by atoms with E-state index in [0.717, 1.165) is 34.5 Å². The lowest BCUT2D eigenvalue weighted by Crippen LogP contribution is -2.38. The average Bonchev–Trinajstić information content (AvgIpc) is 2.74. The number of aryl methyl sites for hydroxylation is 1. The van der Waals surface area contributed by atoms with Gasteiger partial charge in [-0.3, -0.25) is 0 Å². The first-order chi connectivity index (χ1) is 10.1. The highest BCUT2D eigenvalue weighted by Crippen LogP contribution is 2.29. The molecule has 0 amide bonds. The van der Waals surface area contributed by atoms with Gasteiger partial charge in [0.1, 0.15) is 16.7 Å². The summed E-state index contributed by atoms with van der Waals surface area (Å²) in [6, 6.07) is 0. The lowest BCUT2D eigenvalue weighted by atomic mass is 9.98. The molecule has 1 aliphatic heterocycles. The number of nitrogens with zero attached hydrogens (tertiary/aromatic N) is 6. The molecule has 3 rings (SSSR count). The van der Waals surface area contributed by atoms with Crippen molar-refractivity contribution >= 4 is 32.8 Å². The van der Waals surface area contributed by atoms with E-state index in [1.54, 1.807) is 11.0 Å². The molecule has 1 fully saturated rings. The molecule has 2 aromatic rings. The fourth-order valence-corrected chi connectivity index (χ4v) is 3.80. The summed E-state index contributed by atoms with van der Waals surface area (Å²) < 4.78 is 2.59. The van der Waals surface area contributed by atoms with Crippen molar-refractivity contribution in [3.8, 4) is 0 Å². The first-order valence-corrected chi connectivity index (χ1v) is 8.08. The van der Waals surface area contributed by atoms with Crippen LogP contribution in [-0.2, 0) is 7.05 Å². The molecule has 7 heteroatoms. The number of fused-ring (bicyclic) bond motifs is 1. The molecule has 3 heterocycles. The third-order valence-corrected chi connectivity index (χ3v) is 4.73. The van der Waals surface area contributed by atoms with Crippen LogP contribution in [0.2, 0.25) is 0 Å². The minimum Gasteiger partial charge on any atom is -0.359 e. The second-order valence-electron chi connectivity index (χ2n) is 5.96. The van der Waals surface area contributed by atoms with Gasteiger partial charge in [0.2, 0.25) is 0 Å². The van der Waals surface area contributed by atoms with Gasteiger partial charge in [0, 0.05) is 27.2 Å². The highest BCUT2D eigenvalue weighted by atomic mass is 79.9. The molecule has 2 aromatic heterocycles. The maximum Gasteiger partial charge on any atom is 0.164 e. The summed E-state index contributed by atoms with van der Waals surface area (Å²) in [6.07, 6.45) is 4.19. The third-order valence-electron chi connectivity index (χ3n) is 4.17. The smallest absolute Gasteiger partial charge is 0.164 e. The Bertz CT molecular complexity index is 640. The standard InChI is InChI=1S/C14H21BrN6/c1-19-6-4-5-10(7-19)8-20(2)13-11-12(15)18-21(3)14(11)17-9-16-13/h9-10H,4-8H2,1-3H3. The SMILES string of the molecule is CN1CCCC(CN(C)c2ncnc3c2c(Br)nn3C)C1. The van der Waals surface area contributed by atoms with E-state index in [1.165, 1.54) is 19.4 Å². The first-order valence-electron chi connectivity index (χ1n) is 7.29. The summed E-state index contributed by atoms with van der Waals surface area (Å²) in [5, 5.41) is 5.38. The minimum atomic E-state index is 0.689. The highest BCUT2D eigenvalue weighted by Gasteiger charge is 2.22. The molecular weight excluding hydrogens is 332 g/mol. The Morgan fingerprint density at radius 3 is 2.95 bits per heavy atom. The molecule has 6 nitrogen and oxygen atoms in total. The predicted octanol–water partition coefficient (Wildman–Crippen LogP) is 1.90. The summed E-state index contributed by atoms with van der Waals surface area (Å²) in [5.41, 5.74) is 0.861. The number of anilines is 1. The van der Waals surface area contributed by atoms with Crippen LogP contribution in [0.15, 0.2) is 10.9 Å². The number of rotatable bonds is 3. The van der Waals surface area contributed by atoms with Gasteiger partial charge in [-0.05, 0) is 48.3 Å². The summed E-state index contributed by atoms with van der Waals surface area (Å²) in [4.78, 5) is 13.5. The van der Waals surface area contributed by atoms with E-state index in [4.69, 9.17) is 0 Å². The van der Waals surface area contributed by atoms with Gasteiger partial charge in [0.05, 0.1) is 5.39 Å². The summed E-state index contributed by atoms with van der Waals surface area (Å²) in [5.74, 6) is 1.64. The zero-order chi connectivity index (χ0) is 15.0. The third kappa shape index (κ3) is 2.89. The Morgan fingerprint density at radius 1 is 1.38 bits per heavy atom. The largest absolute Gasteiger partial charge is 0.359 e. The monoisotopic (exact) mass is 352 g/mol. The normalized spacial score (nSPS) is 20.1. The molecule has 1 unspecified atom stereocenters. The van der Waals surface area contributed by atoms with E-state index < -0.39 is 0 Å². The molecule has 0 N–H and O–H groups in total.